The number of alkyl halides is 3. The lowest BCUT2D eigenvalue weighted by molar-refractivity contribution is -0.141. The standard InChI is InChI=1S/C18H18ClF3N6O/c1-11-4-3-5-13(8-11)9-27-10-23-17(26-27)24-14(29)6-7-28-12(2)15(19)16(25-28)18(20,21)22/h3-5,8,10H,6-7,9H2,1-2H3,(H,24,26,29). The molecule has 2 aromatic heterocycles. The quantitative estimate of drug-likeness (QED) is 0.649. The molecule has 7 nitrogen and oxygen atoms in total. The van der Waals surface area contributed by atoms with Crippen LogP contribution in [0.5, 0.6) is 0 Å². The summed E-state index contributed by atoms with van der Waals surface area (Å²) in [6.07, 6.45) is -3.27. The summed E-state index contributed by atoms with van der Waals surface area (Å²) in [7, 11) is 0. The Morgan fingerprint density at radius 3 is 2.66 bits per heavy atom. The fourth-order valence-corrected chi connectivity index (χ4v) is 2.99. The number of aryl methyl sites for hydroxylation is 2. The van der Waals surface area contributed by atoms with Gasteiger partial charge in [-0.3, -0.25) is 14.8 Å². The number of carbonyl (C=O) groups is 1. The Labute approximate surface area is 169 Å². The van der Waals surface area contributed by atoms with E-state index in [0.29, 0.717) is 6.54 Å². The van der Waals surface area contributed by atoms with Crippen molar-refractivity contribution in [3.05, 3.63) is 58.1 Å². The Morgan fingerprint density at radius 2 is 2.00 bits per heavy atom. The Hall–Kier alpha value is -2.88. The van der Waals surface area contributed by atoms with Crippen molar-refractivity contribution in [2.45, 2.75) is 39.5 Å². The number of hydrogen-bond acceptors (Lipinski definition) is 4. The van der Waals surface area contributed by atoms with E-state index >= 15 is 0 Å². The van der Waals surface area contributed by atoms with E-state index in [1.165, 1.54) is 13.3 Å². The Kier molecular flexibility index (Phi) is 5.92. The fourth-order valence-electron chi connectivity index (χ4n) is 2.74. The van der Waals surface area contributed by atoms with E-state index in [1.807, 2.05) is 31.2 Å². The minimum atomic E-state index is -4.65. The summed E-state index contributed by atoms with van der Waals surface area (Å²) in [5.41, 5.74) is 1.15. The van der Waals surface area contributed by atoms with Crippen LogP contribution < -0.4 is 5.32 Å². The number of benzene rings is 1. The molecule has 0 unspecified atom stereocenters. The minimum Gasteiger partial charge on any atom is -0.293 e. The largest absolute Gasteiger partial charge is 0.436 e. The molecule has 2 heterocycles. The third kappa shape index (κ3) is 5.14. The molecule has 0 aliphatic heterocycles. The second-order valence-corrected chi connectivity index (χ2v) is 6.90. The van der Waals surface area contributed by atoms with E-state index < -0.39 is 22.8 Å². The molecule has 3 rings (SSSR count). The van der Waals surface area contributed by atoms with Crippen molar-refractivity contribution in [1.82, 2.24) is 24.5 Å². The van der Waals surface area contributed by atoms with Crippen LogP contribution in [-0.2, 0) is 24.1 Å². The normalized spacial score (nSPS) is 11.7. The van der Waals surface area contributed by atoms with Gasteiger partial charge in [0.2, 0.25) is 11.9 Å². The van der Waals surface area contributed by atoms with Crippen molar-refractivity contribution in [2.24, 2.45) is 0 Å². The monoisotopic (exact) mass is 426 g/mol. The zero-order valence-corrected chi connectivity index (χ0v) is 16.4. The highest BCUT2D eigenvalue weighted by Gasteiger charge is 2.38. The number of rotatable bonds is 6. The average Bonchev–Trinajstić information content (AvgIpc) is 3.18. The van der Waals surface area contributed by atoms with E-state index in [-0.39, 0.29) is 24.6 Å². The highest BCUT2D eigenvalue weighted by Crippen LogP contribution is 2.35. The number of amides is 1. The predicted octanol–water partition coefficient (Wildman–Crippen LogP) is 3.84. The van der Waals surface area contributed by atoms with Gasteiger partial charge in [-0.25, -0.2) is 9.67 Å². The van der Waals surface area contributed by atoms with E-state index in [9.17, 15) is 18.0 Å². The molecular weight excluding hydrogens is 409 g/mol. The zero-order chi connectivity index (χ0) is 21.2. The van der Waals surface area contributed by atoms with Gasteiger partial charge in [0.05, 0.1) is 23.8 Å². The van der Waals surface area contributed by atoms with Crippen LogP contribution in [0.25, 0.3) is 0 Å². The summed E-state index contributed by atoms with van der Waals surface area (Å²) < 4.78 is 41.2. The first kappa shape index (κ1) is 20.8. The van der Waals surface area contributed by atoms with Gasteiger partial charge in [-0.05, 0) is 19.4 Å². The smallest absolute Gasteiger partial charge is 0.293 e. The molecule has 1 aromatic carbocycles. The van der Waals surface area contributed by atoms with Crippen molar-refractivity contribution in [1.29, 1.82) is 0 Å². The third-order valence-electron chi connectivity index (χ3n) is 4.17. The van der Waals surface area contributed by atoms with Gasteiger partial charge in [-0.2, -0.15) is 18.3 Å². The maximum absolute atomic E-state index is 12.9. The molecule has 11 heteroatoms. The predicted molar refractivity (Wildman–Crippen MR) is 101 cm³/mol. The second kappa shape index (κ2) is 8.24. The molecule has 0 radical (unpaired) electrons. The summed E-state index contributed by atoms with van der Waals surface area (Å²) in [6.45, 7) is 3.84. The molecule has 3 aromatic rings. The first-order valence-corrected chi connectivity index (χ1v) is 9.06. The van der Waals surface area contributed by atoms with Crippen molar-refractivity contribution in [3.8, 4) is 0 Å². The topological polar surface area (TPSA) is 77.6 Å². The van der Waals surface area contributed by atoms with Crippen LogP contribution in [0.3, 0.4) is 0 Å². The zero-order valence-electron chi connectivity index (χ0n) is 15.7. The summed E-state index contributed by atoms with van der Waals surface area (Å²) in [5, 5.41) is 9.70. The maximum atomic E-state index is 12.9. The van der Waals surface area contributed by atoms with Crippen LogP contribution in [0.2, 0.25) is 5.02 Å². The van der Waals surface area contributed by atoms with Gasteiger partial charge < -0.3 is 0 Å². The molecule has 0 saturated carbocycles. The van der Waals surface area contributed by atoms with E-state index in [2.05, 4.69) is 20.5 Å². The van der Waals surface area contributed by atoms with Crippen LogP contribution in [0.1, 0.15) is 28.9 Å². The molecule has 0 spiro atoms. The fraction of sp³-hybridized carbons (Fsp3) is 0.333. The van der Waals surface area contributed by atoms with E-state index in [0.717, 1.165) is 15.8 Å². The van der Waals surface area contributed by atoms with Crippen molar-refractivity contribution < 1.29 is 18.0 Å². The van der Waals surface area contributed by atoms with Crippen LogP contribution >= 0.6 is 11.6 Å². The second-order valence-electron chi connectivity index (χ2n) is 6.52. The number of nitrogens with one attached hydrogen (secondary N) is 1. The number of aromatic nitrogens is 5. The molecule has 0 aliphatic rings. The number of nitrogens with zero attached hydrogens (tertiary/aromatic N) is 5. The Balaban J connectivity index is 1.57. The Morgan fingerprint density at radius 1 is 1.24 bits per heavy atom. The van der Waals surface area contributed by atoms with E-state index in [1.54, 1.807) is 4.68 Å². The van der Waals surface area contributed by atoms with Crippen molar-refractivity contribution >= 4 is 23.5 Å². The van der Waals surface area contributed by atoms with Crippen molar-refractivity contribution in [2.75, 3.05) is 5.32 Å². The highest BCUT2D eigenvalue weighted by molar-refractivity contribution is 6.31. The number of anilines is 1. The number of carbonyl (C=O) groups excluding carboxylic acids is 1. The van der Waals surface area contributed by atoms with E-state index in [4.69, 9.17) is 11.6 Å². The summed E-state index contributed by atoms with van der Waals surface area (Å²) in [4.78, 5) is 16.1. The molecule has 0 fully saturated rings. The van der Waals surface area contributed by atoms with Gasteiger partial charge in [-0.1, -0.05) is 41.4 Å². The molecule has 154 valence electrons. The highest BCUT2D eigenvalue weighted by atomic mass is 35.5. The van der Waals surface area contributed by atoms with Crippen LogP contribution in [-0.4, -0.2) is 30.5 Å². The molecular formula is C18H18ClF3N6O. The number of hydrogen-bond donors (Lipinski definition) is 1. The molecule has 0 bridgehead atoms. The molecule has 0 atom stereocenters. The SMILES string of the molecule is Cc1cccc(Cn2cnc(NC(=O)CCn3nc(C(F)(F)F)c(Cl)c3C)n2)c1. The molecule has 0 aliphatic carbocycles. The van der Waals surface area contributed by atoms with Crippen LogP contribution in [0.15, 0.2) is 30.6 Å². The molecule has 1 N–H and O–H groups in total. The lowest BCUT2D eigenvalue weighted by Gasteiger charge is -2.05. The summed E-state index contributed by atoms with van der Waals surface area (Å²) in [6, 6.07) is 7.91. The third-order valence-corrected chi connectivity index (χ3v) is 4.62. The summed E-state index contributed by atoms with van der Waals surface area (Å²) >= 11 is 5.70. The van der Waals surface area contributed by atoms with Gasteiger partial charge in [0.1, 0.15) is 6.33 Å². The number of halogens is 4. The lowest BCUT2D eigenvalue weighted by Crippen LogP contribution is -2.17. The van der Waals surface area contributed by atoms with Gasteiger partial charge in [0, 0.05) is 6.42 Å². The minimum absolute atomic E-state index is 0.0581. The first-order valence-electron chi connectivity index (χ1n) is 8.68. The summed E-state index contributed by atoms with van der Waals surface area (Å²) in [5.74, 6) is -0.327. The van der Waals surface area contributed by atoms with Crippen molar-refractivity contribution in [3.63, 3.8) is 0 Å². The molecule has 1 amide bonds. The first-order chi connectivity index (χ1) is 13.6. The van der Waals surface area contributed by atoms with Gasteiger partial charge in [-0.15, -0.1) is 5.10 Å². The maximum Gasteiger partial charge on any atom is 0.436 e. The Bertz CT molecular complexity index is 1030. The molecule has 29 heavy (non-hydrogen) atoms. The van der Waals surface area contributed by atoms with Gasteiger partial charge in [0.15, 0.2) is 5.69 Å². The molecule has 0 saturated heterocycles. The van der Waals surface area contributed by atoms with Gasteiger partial charge >= 0.3 is 6.18 Å². The van der Waals surface area contributed by atoms with Gasteiger partial charge in [0.25, 0.3) is 0 Å². The average molecular weight is 427 g/mol. The van der Waals surface area contributed by atoms with Crippen LogP contribution in [0, 0.1) is 13.8 Å². The van der Waals surface area contributed by atoms with Crippen LogP contribution in [0.4, 0.5) is 19.1 Å². The lowest BCUT2D eigenvalue weighted by atomic mass is 10.1.